The number of nitrogens with one attached hydrogen (secondary N) is 1. The molecule has 1 aliphatic rings. The first-order valence-corrected chi connectivity index (χ1v) is 5.57. The van der Waals surface area contributed by atoms with E-state index in [2.05, 4.69) is 15.6 Å². The molecule has 16 heavy (non-hydrogen) atoms. The zero-order valence-corrected chi connectivity index (χ0v) is 9.29. The maximum atomic E-state index is 12.4. The lowest BCUT2D eigenvalue weighted by Gasteiger charge is -2.26. The van der Waals surface area contributed by atoms with Crippen LogP contribution in [0.4, 0.5) is 8.78 Å². The monoisotopic (exact) mass is 230 g/mol. The highest BCUT2D eigenvalue weighted by atomic mass is 19.3. The van der Waals surface area contributed by atoms with Gasteiger partial charge in [-0.15, -0.1) is 5.10 Å². The van der Waals surface area contributed by atoms with Gasteiger partial charge >= 0.3 is 0 Å². The van der Waals surface area contributed by atoms with Crippen LogP contribution < -0.4 is 5.32 Å². The van der Waals surface area contributed by atoms with Gasteiger partial charge in [0.1, 0.15) is 6.54 Å². The largest absolute Gasteiger partial charge is 0.314 e. The van der Waals surface area contributed by atoms with Gasteiger partial charge in [-0.3, -0.25) is 0 Å². The van der Waals surface area contributed by atoms with Gasteiger partial charge in [0.25, 0.3) is 6.43 Å². The maximum Gasteiger partial charge on any atom is 0.257 e. The van der Waals surface area contributed by atoms with Crippen LogP contribution in [-0.4, -0.2) is 28.5 Å². The minimum atomic E-state index is -2.37. The molecule has 0 atom stereocenters. The van der Waals surface area contributed by atoms with Crippen molar-refractivity contribution >= 4 is 0 Å². The molecular formula is C10H16F2N4. The first kappa shape index (κ1) is 11.4. The highest BCUT2D eigenvalue weighted by Gasteiger charge is 2.28. The number of hydrogen-bond donors (Lipinski definition) is 1. The van der Waals surface area contributed by atoms with Gasteiger partial charge in [-0.05, 0) is 19.9 Å². The number of aromatic nitrogens is 3. The summed E-state index contributed by atoms with van der Waals surface area (Å²) in [6.45, 7) is 0.248. The van der Waals surface area contributed by atoms with Gasteiger partial charge < -0.3 is 5.32 Å². The third kappa shape index (κ3) is 2.21. The van der Waals surface area contributed by atoms with Crippen molar-refractivity contribution in [2.24, 2.45) is 0 Å². The molecule has 1 fully saturated rings. The van der Waals surface area contributed by atoms with Crippen molar-refractivity contribution in [3.63, 3.8) is 0 Å². The van der Waals surface area contributed by atoms with E-state index < -0.39 is 6.43 Å². The molecular weight excluding hydrogens is 214 g/mol. The minimum absolute atomic E-state index is 0.345. The highest BCUT2D eigenvalue weighted by Crippen LogP contribution is 2.37. The predicted molar refractivity (Wildman–Crippen MR) is 55.4 cm³/mol. The Morgan fingerprint density at radius 1 is 1.50 bits per heavy atom. The van der Waals surface area contributed by atoms with E-state index >= 15 is 0 Å². The molecule has 0 spiro atoms. The van der Waals surface area contributed by atoms with E-state index in [1.54, 1.807) is 0 Å². The van der Waals surface area contributed by atoms with Crippen LogP contribution in [0, 0.1) is 0 Å². The Kier molecular flexibility index (Phi) is 3.48. The summed E-state index contributed by atoms with van der Waals surface area (Å²) in [4.78, 5) is 0. The summed E-state index contributed by atoms with van der Waals surface area (Å²) in [7, 11) is 1.82. The number of hydrogen-bond acceptors (Lipinski definition) is 3. The molecule has 6 heteroatoms. The summed E-state index contributed by atoms with van der Waals surface area (Å²) in [5.41, 5.74) is 1.72. The Balaban J connectivity index is 2.22. The van der Waals surface area contributed by atoms with Gasteiger partial charge in [0.05, 0.1) is 11.4 Å². The highest BCUT2D eigenvalue weighted by molar-refractivity contribution is 5.18. The molecule has 1 aliphatic carbocycles. The smallest absolute Gasteiger partial charge is 0.257 e. The second-order valence-corrected chi connectivity index (χ2v) is 4.15. The van der Waals surface area contributed by atoms with Crippen molar-refractivity contribution in [1.29, 1.82) is 0 Å². The fraction of sp³-hybridized carbons (Fsp3) is 0.800. The van der Waals surface area contributed by atoms with Crippen molar-refractivity contribution in [3.8, 4) is 0 Å². The molecule has 0 bridgehead atoms. The van der Waals surface area contributed by atoms with Crippen LogP contribution in [0.15, 0.2) is 0 Å². The van der Waals surface area contributed by atoms with E-state index in [0.29, 0.717) is 12.5 Å². The van der Waals surface area contributed by atoms with Crippen LogP contribution in [0.1, 0.15) is 36.6 Å². The van der Waals surface area contributed by atoms with Gasteiger partial charge in [0, 0.05) is 12.5 Å². The van der Waals surface area contributed by atoms with Crippen molar-refractivity contribution in [2.75, 3.05) is 7.05 Å². The molecule has 90 valence electrons. The molecule has 4 nitrogen and oxygen atoms in total. The quantitative estimate of drug-likeness (QED) is 0.834. The molecule has 1 N–H and O–H groups in total. The van der Waals surface area contributed by atoms with Gasteiger partial charge in [0.2, 0.25) is 0 Å². The lowest BCUT2D eigenvalue weighted by Crippen LogP contribution is -2.20. The lowest BCUT2D eigenvalue weighted by atomic mass is 9.82. The van der Waals surface area contributed by atoms with Crippen LogP contribution >= 0.6 is 0 Å². The van der Waals surface area contributed by atoms with E-state index in [4.69, 9.17) is 0 Å². The Morgan fingerprint density at radius 3 is 2.75 bits per heavy atom. The fourth-order valence-corrected chi connectivity index (χ4v) is 2.04. The molecule has 0 amide bonds. The topological polar surface area (TPSA) is 42.7 Å². The third-order valence-corrected chi connectivity index (χ3v) is 2.99. The normalized spacial score (nSPS) is 16.8. The fourth-order valence-electron chi connectivity index (χ4n) is 2.04. The first-order valence-electron chi connectivity index (χ1n) is 5.57. The van der Waals surface area contributed by atoms with Crippen LogP contribution in [-0.2, 0) is 13.1 Å². The molecule has 2 rings (SSSR count). The molecule has 0 saturated heterocycles. The zero-order valence-electron chi connectivity index (χ0n) is 9.29. The van der Waals surface area contributed by atoms with Crippen LogP contribution in [0.2, 0.25) is 0 Å². The van der Waals surface area contributed by atoms with Crippen molar-refractivity contribution in [2.45, 2.75) is 44.7 Å². The minimum Gasteiger partial charge on any atom is -0.314 e. The van der Waals surface area contributed by atoms with Crippen molar-refractivity contribution in [1.82, 2.24) is 20.3 Å². The SMILES string of the molecule is CNCc1nnn(CC(F)F)c1C1CCC1. The van der Waals surface area contributed by atoms with Crippen LogP contribution in [0.5, 0.6) is 0 Å². The van der Waals surface area contributed by atoms with Crippen molar-refractivity contribution < 1.29 is 8.78 Å². The van der Waals surface area contributed by atoms with E-state index in [1.807, 2.05) is 7.05 Å². The summed E-state index contributed by atoms with van der Waals surface area (Å²) in [5, 5.41) is 10.8. The molecule has 0 unspecified atom stereocenters. The number of rotatable bonds is 5. The second-order valence-electron chi connectivity index (χ2n) is 4.15. The summed E-state index contributed by atoms with van der Waals surface area (Å²) in [5.74, 6) is 0.372. The zero-order chi connectivity index (χ0) is 11.5. The van der Waals surface area contributed by atoms with Crippen LogP contribution in [0.25, 0.3) is 0 Å². The number of halogens is 2. The average Bonchev–Trinajstić information content (AvgIpc) is 2.48. The maximum absolute atomic E-state index is 12.4. The molecule has 0 radical (unpaired) electrons. The first-order chi connectivity index (χ1) is 7.72. The van der Waals surface area contributed by atoms with Gasteiger partial charge in [-0.1, -0.05) is 11.6 Å². The Bertz CT molecular complexity index is 347. The average molecular weight is 230 g/mol. The van der Waals surface area contributed by atoms with Crippen LogP contribution in [0.3, 0.4) is 0 Å². The third-order valence-electron chi connectivity index (χ3n) is 2.99. The van der Waals surface area contributed by atoms with E-state index in [1.165, 1.54) is 11.1 Å². The molecule has 0 aromatic carbocycles. The summed E-state index contributed by atoms with van der Waals surface area (Å²) in [6.07, 6.45) is 0.924. The molecule has 1 aromatic rings. The van der Waals surface area contributed by atoms with Crippen molar-refractivity contribution in [3.05, 3.63) is 11.4 Å². The van der Waals surface area contributed by atoms with Gasteiger partial charge in [-0.2, -0.15) is 0 Å². The van der Waals surface area contributed by atoms with Gasteiger partial charge in [0.15, 0.2) is 0 Å². The van der Waals surface area contributed by atoms with E-state index in [-0.39, 0.29) is 6.54 Å². The number of alkyl halides is 2. The predicted octanol–water partition coefficient (Wildman–Crippen LogP) is 1.53. The summed E-state index contributed by atoms with van der Waals surface area (Å²) < 4.78 is 26.1. The Labute approximate surface area is 93.0 Å². The summed E-state index contributed by atoms with van der Waals surface area (Å²) in [6, 6.07) is 0. The molecule has 1 aromatic heterocycles. The lowest BCUT2D eigenvalue weighted by molar-refractivity contribution is 0.118. The van der Waals surface area contributed by atoms with E-state index in [0.717, 1.165) is 24.2 Å². The second kappa shape index (κ2) is 4.86. The van der Waals surface area contributed by atoms with E-state index in [9.17, 15) is 8.78 Å². The Hall–Kier alpha value is -1.04. The number of nitrogens with zero attached hydrogens (tertiary/aromatic N) is 3. The molecule has 1 saturated carbocycles. The molecule has 0 aliphatic heterocycles. The van der Waals surface area contributed by atoms with Gasteiger partial charge in [-0.25, -0.2) is 13.5 Å². The standard InChI is InChI=1S/C10H16F2N4/c1-13-5-8-10(7-3-2-4-7)16(15-14-8)6-9(11)12/h7,9,13H,2-6H2,1H3. The summed E-state index contributed by atoms with van der Waals surface area (Å²) >= 11 is 0. The Morgan fingerprint density at radius 2 is 2.25 bits per heavy atom. The molecule has 1 heterocycles.